The van der Waals surface area contributed by atoms with Crippen molar-refractivity contribution in [1.82, 2.24) is 13.9 Å². The molecular weight excluding hydrogens is 400 g/mol. The lowest BCUT2D eigenvalue weighted by atomic mass is 10.2. The molecule has 0 saturated heterocycles. The highest BCUT2D eigenvalue weighted by Gasteiger charge is 2.24. The van der Waals surface area contributed by atoms with Crippen LogP contribution in [0.25, 0.3) is 0 Å². The number of ether oxygens (including phenoxy) is 1. The second-order valence-corrected chi connectivity index (χ2v) is 8.26. The predicted molar refractivity (Wildman–Crippen MR) is 104 cm³/mol. The van der Waals surface area contributed by atoms with E-state index < -0.39 is 21.7 Å². The van der Waals surface area contributed by atoms with Gasteiger partial charge in [-0.1, -0.05) is 13.0 Å². The SMILES string of the molecule is CCN(Cc1nccn1Cc1ccc(F)c(F)c1)S(=O)(=O)c1ccc(OC)cc1. The molecule has 0 fully saturated rings. The van der Waals surface area contributed by atoms with Gasteiger partial charge >= 0.3 is 0 Å². The summed E-state index contributed by atoms with van der Waals surface area (Å²) in [5.74, 6) is -0.786. The molecule has 0 amide bonds. The summed E-state index contributed by atoms with van der Waals surface area (Å²) >= 11 is 0. The van der Waals surface area contributed by atoms with Gasteiger partial charge < -0.3 is 9.30 Å². The zero-order valence-corrected chi connectivity index (χ0v) is 16.9. The van der Waals surface area contributed by atoms with Gasteiger partial charge in [0.15, 0.2) is 11.6 Å². The Labute approximate surface area is 168 Å². The predicted octanol–water partition coefficient (Wildman–Crippen LogP) is 3.43. The number of benzene rings is 2. The highest BCUT2D eigenvalue weighted by atomic mass is 32.2. The Bertz CT molecular complexity index is 1080. The topological polar surface area (TPSA) is 64.4 Å². The minimum atomic E-state index is -3.74. The maximum Gasteiger partial charge on any atom is 0.243 e. The molecule has 0 spiro atoms. The van der Waals surface area contributed by atoms with Crippen molar-refractivity contribution >= 4 is 10.0 Å². The number of imidazole rings is 1. The zero-order valence-electron chi connectivity index (χ0n) is 16.0. The van der Waals surface area contributed by atoms with E-state index in [0.29, 0.717) is 17.1 Å². The first-order chi connectivity index (χ1) is 13.8. The number of halogens is 2. The monoisotopic (exact) mass is 421 g/mol. The third-order valence-corrected chi connectivity index (χ3v) is 6.44. The van der Waals surface area contributed by atoms with Crippen LogP contribution in [0.1, 0.15) is 18.3 Å². The highest BCUT2D eigenvalue weighted by molar-refractivity contribution is 7.89. The molecule has 3 aromatic rings. The van der Waals surface area contributed by atoms with Crippen LogP contribution in [0.4, 0.5) is 8.78 Å². The first kappa shape index (κ1) is 20.9. The fourth-order valence-corrected chi connectivity index (χ4v) is 4.30. The Kier molecular flexibility index (Phi) is 6.29. The van der Waals surface area contributed by atoms with Crippen molar-refractivity contribution in [2.45, 2.75) is 24.9 Å². The summed E-state index contributed by atoms with van der Waals surface area (Å²) in [7, 11) is -2.23. The number of hydrogen-bond donors (Lipinski definition) is 0. The molecule has 1 heterocycles. The van der Waals surface area contributed by atoms with Gasteiger partial charge in [-0.05, 0) is 42.0 Å². The van der Waals surface area contributed by atoms with Crippen molar-refractivity contribution in [3.8, 4) is 5.75 Å². The number of methoxy groups -OCH3 is 1. The molecule has 0 aliphatic carbocycles. The van der Waals surface area contributed by atoms with Crippen molar-refractivity contribution < 1.29 is 21.9 Å². The number of sulfonamides is 1. The van der Waals surface area contributed by atoms with Gasteiger partial charge in [-0.3, -0.25) is 0 Å². The van der Waals surface area contributed by atoms with Gasteiger partial charge in [0.05, 0.1) is 18.6 Å². The minimum Gasteiger partial charge on any atom is -0.497 e. The molecule has 0 atom stereocenters. The lowest BCUT2D eigenvalue weighted by Crippen LogP contribution is -2.31. The standard InChI is InChI=1S/C20H21F2N3O3S/c1-3-25(29(26,27)17-7-5-16(28-2)6-8-17)14-20-23-10-11-24(20)13-15-4-9-18(21)19(22)12-15/h4-12H,3,13-14H2,1-2H3. The molecule has 1 aromatic heterocycles. The average Bonchev–Trinajstić information content (AvgIpc) is 3.15. The second kappa shape index (κ2) is 8.71. The molecule has 2 aromatic carbocycles. The summed E-state index contributed by atoms with van der Waals surface area (Å²) in [6.45, 7) is 2.27. The van der Waals surface area contributed by atoms with Gasteiger partial charge in [-0.2, -0.15) is 4.31 Å². The Morgan fingerprint density at radius 3 is 2.45 bits per heavy atom. The minimum absolute atomic E-state index is 0.0432. The molecule has 0 radical (unpaired) electrons. The summed E-state index contributed by atoms with van der Waals surface area (Å²) in [6.07, 6.45) is 3.22. The third kappa shape index (κ3) is 4.63. The van der Waals surface area contributed by atoms with Crippen LogP contribution in [-0.4, -0.2) is 35.9 Å². The van der Waals surface area contributed by atoms with E-state index >= 15 is 0 Å². The Balaban J connectivity index is 1.82. The fraction of sp³-hybridized carbons (Fsp3) is 0.250. The van der Waals surface area contributed by atoms with Gasteiger partial charge in [-0.25, -0.2) is 22.2 Å². The quantitative estimate of drug-likeness (QED) is 0.559. The van der Waals surface area contributed by atoms with Crippen molar-refractivity contribution in [3.05, 3.63) is 77.9 Å². The molecular formula is C20H21F2N3O3S. The first-order valence-electron chi connectivity index (χ1n) is 8.93. The molecule has 3 rings (SSSR count). The van der Waals surface area contributed by atoms with E-state index in [9.17, 15) is 17.2 Å². The molecule has 9 heteroatoms. The van der Waals surface area contributed by atoms with Crippen LogP contribution in [0.15, 0.2) is 59.8 Å². The van der Waals surface area contributed by atoms with Crippen LogP contribution >= 0.6 is 0 Å². The van der Waals surface area contributed by atoms with E-state index in [2.05, 4.69) is 4.98 Å². The molecule has 0 bridgehead atoms. The maximum atomic E-state index is 13.5. The largest absolute Gasteiger partial charge is 0.497 e. The number of nitrogens with zero attached hydrogens (tertiary/aromatic N) is 3. The van der Waals surface area contributed by atoms with Gasteiger partial charge in [0.2, 0.25) is 10.0 Å². The molecule has 0 aliphatic heterocycles. The van der Waals surface area contributed by atoms with E-state index in [-0.39, 0.29) is 24.5 Å². The van der Waals surface area contributed by atoms with Gasteiger partial charge in [0.25, 0.3) is 0 Å². The normalized spacial score (nSPS) is 11.8. The summed E-state index contributed by atoms with van der Waals surface area (Å²) in [5, 5.41) is 0. The Morgan fingerprint density at radius 1 is 1.10 bits per heavy atom. The van der Waals surface area contributed by atoms with Gasteiger partial charge in [0.1, 0.15) is 11.6 Å². The maximum absolute atomic E-state index is 13.5. The highest BCUT2D eigenvalue weighted by Crippen LogP contribution is 2.21. The van der Waals surface area contributed by atoms with Gasteiger partial charge in [-0.15, -0.1) is 0 Å². The van der Waals surface area contributed by atoms with Crippen molar-refractivity contribution in [2.24, 2.45) is 0 Å². The number of rotatable bonds is 8. The summed E-state index contributed by atoms with van der Waals surface area (Å²) < 4.78 is 60.7. The lowest BCUT2D eigenvalue weighted by molar-refractivity contribution is 0.405. The molecule has 154 valence electrons. The van der Waals surface area contributed by atoms with E-state index in [0.717, 1.165) is 12.1 Å². The van der Waals surface area contributed by atoms with Crippen LogP contribution in [-0.2, 0) is 23.1 Å². The van der Waals surface area contributed by atoms with Crippen LogP contribution in [0.2, 0.25) is 0 Å². The molecule has 0 unspecified atom stereocenters. The van der Waals surface area contributed by atoms with E-state index in [4.69, 9.17) is 4.74 Å². The van der Waals surface area contributed by atoms with E-state index in [1.165, 1.54) is 29.6 Å². The van der Waals surface area contributed by atoms with Crippen LogP contribution in [0.3, 0.4) is 0 Å². The number of hydrogen-bond acceptors (Lipinski definition) is 4. The molecule has 0 N–H and O–H groups in total. The lowest BCUT2D eigenvalue weighted by Gasteiger charge is -2.21. The molecule has 29 heavy (non-hydrogen) atoms. The van der Waals surface area contributed by atoms with E-state index in [1.807, 2.05) is 0 Å². The van der Waals surface area contributed by atoms with Crippen molar-refractivity contribution in [1.29, 1.82) is 0 Å². The third-order valence-electron chi connectivity index (χ3n) is 4.51. The Morgan fingerprint density at radius 2 is 1.83 bits per heavy atom. The van der Waals surface area contributed by atoms with Crippen LogP contribution in [0, 0.1) is 11.6 Å². The fourth-order valence-electron chi connectivity index (χ4n) is 2.89. The number of aromatic nitrogens is 2. The van der Waals surface area contributed by atoms with Crippen LogP contribution in [0.5, 0.6) is 5.75 Å². The average molecular weight is 421 g/mol. The molecule has 6 nitrogen and oxygen atoms in total. The van der Waals surface area contributed by atoms with Crippen LogP contribution < -0.4 is 4.74 Å². The molecule has 0 saturated carbocycles. The van der Waals surface area contributed by atoms with Gasteiger partial charge in [0, 0.05) is 25.5 Å². The summed E-state index contributed by atoms with van der Waals surface area (Å²) in [4.78, 5) is 4.40. The second-order valence-electron chi connectivity index (χ2n) is 6.33. The van der Waals surface area contributed by atoms with Crippen molar-refractivity contribution in [3.63, 3.8) is 0 Å². The Hall–Kier alpha value is -2.78. The van der Waals surface area contributed by atoms with E-state index in [1.54, 1.807) is 36.0 Å². The van der Waals surface area contributed by atoms with Crippen molar-refractivity contribution in [2.75, 3.05) is 13.7 Å². The summed E-state index contributed by atoms with van der Waals surface area (Å²) in [6, 6.07) is 9.82. The zero-order chi connectivity index (χ0) is 21.0. The smallest absolute Gasteiger partial charge is 0.243 e. The first-order valence-corrected chi connectivity index (χ1v) is 10.4. The molecule has 0 aliphatic rings. The summed E-state index contributed by atoms with van der Waals surface area (Å²) in [5.41, 5.74) is 0.546.